The van der Waals surface area contributed by atoms with Crippen molar-refractivity contribution in [3.63, 3.8) is 0 Å². The van der Waals surface area contributed by atoms with Crippen LogP contribution in [0.3, 0.4) is 0 Å². The average molecular weight is 380 g/mol. The van der Waals surface area contributed by atoms with Gasteiger partial charge < -0.3 is 4.90 Å². The van der Waals surface area contributed by atoms with Crippen molar-refractivity contribution in [3.8, 4) is 0 Å². The topological polar surface area (TPSA) is 57.7 Å². The van der Waals surface area contributed by atoms with Gasteiger partial charge in [0.1, 0.15) is 12.4 Å². The van der Waals surface area contributed by atoms with Crippen LogP contribution in [0.4, 0.5) is 4.39 Å². The molecule has 28 heavy (non-hydrogen) atoms. The number of amides is 3. The molecule has 2 heterocycles. The summed E-state index contributed by atoms with van der Waals surface area (Å²) in [6.45, 7) is 0.857. The van der Waals surface area contributed by atoms with Crippen LogP contribution in [0.1, 0.15) is 51.5 Å². The third-order valence-corrected chi connectivity index (χ3v) is 5.54. The predicted molar refractivity (Wildman–Crippen MR) is 101 cm³/mol. The van der Waals surface area contributed by atoms with Crippen molar-refractivity contribution in [1.82, 2.24) is 9.80 Å². The van der Waals surface area contributed by atoms with Gasteiger partial charge in [0.15, 0.2) is 0 Å². The largest absolute Gasteiger partial charge is 0.341 e. The van der Waals surface area contributed by atoms with Crippen molar-refractivity contribution < 1.29 is 18.8 Å². The van der Waals surface area contributed by atoms with Gasteiger partial charge in [-0.2, -0.15) is 0 Å². The SMILES string of the molecule is O=C(CN1C(=O)c2ccccc2C1=O)N1CCCCC(c2ccc(F)cc2)C1. The van der Waals surface area contributed by atoms with Crippen LogP contribution >= 0.6 is 0 Å². The molecule has 0 spiro atoms. The smallest absolute Gasteiger partial charge is 0.262 e. The molecule has 5 nitrogen and oxygen atoms in total. The highest BCUT2D eigenvalue weighted by Crippen LogP contribution is 2.27. The maximum Gasteiger partial charge on any atom is 0.262 e. The summed E-state index contributed by atoms with van der Waals surface area (Å²) in [4.78, 5) is 40.7. The number of rotatable bonds is 3. The quantitative estimate of drug-likeness (QED) is 0.769. The summed E-state index contributed by atoms with van der Waals surface area (Å²) in [5.74, 6) is -1.23. The summed E-state index contributed by atoms with van der Waals surface area (Å²) in [5.41, 5.74) is 1.70. The Bertz CT molecular complexity index is 891. The second-order valence-corrected chi connectivity index (χ2v) is 7.33. The Morgan fingerprint density at radius 2 is 1.61 bits per heavy atom. The van der Waals surface area contributed by atoms with E-state index in [1.807, 2.05) is 0 Å². The van der Waals surface area contributed by atoms with E-state index in [4.69, 9.17) is 0 Å². The summed E-state index contributed by atoms with van der Waals surface area (Å²) in [5, 5.41) is 0. The number of benzene rings is 2. The van der Waals surface area contributed by atoms with Gasteiger partial charge in [-0.1, -0.05) is 30.7 Å². The van der Waals surface area contributed by atoms with E-state index in [1.54, 1.807) is 41.3 Å². The lowest BCUT2D eigenvalue weighted by Crippen LogP contribution is -2.43. The first kappa shape index (κ1) is 18.3. The summed E-state index contributed by atoms with van der Waals surface area (Å²) in [7, 11) is 0. The van der Waals surface area contributed by atoms with Crippen LogP contribution in [0.25, 0.3) is 0 Å². The average Bonchev–Trinajstić information content (AvgIpc) is 2.88. The molecule has 0 bridgehead atoms. The molecule has 1 atom stereocenters. The fourth-order valence-corrected chi connectivity index (χ4v) is 3.99. The molecular formula is C22H21FN2O3. The fraction of sp³-hybridized carbons (Fsp3) is 0.318. The maximum atomic E-state index is 13.2. The lowest BCUT2D eigenvalue weighted by Gasteiger charge is -2.26. The molecule has 6 heteroatoms. The zero-order valence-electron chi connectivity index (χ0n) is 15.4. The number of hydrogen-bond acceptors (Lipinski definition) is 3. The molecule has 144 valence electrons. The third-order valence-electron chi connectivity index (χ3n) is 5.54. The Hall–Kier alpha value is -3.02. The third kappa shape index (κ3) is 3.42. The van der Waals surface area contributed by atoms with Gasteiger partial charge >= 0.3 is 0 Å². The first-order chi connectivity index (χ1) is 13.5. The van der Waals surface area contributed by atoms with Crippen molar-refractivity contribution in [2.75, 3.05) is 19.6 Å². The van der Waals surface area contributed by atoms with Gasteiger partial charge in [0.2, 0.25) is 5.91 Å². The molecule has 0 radical (unpaired) electrons. The molecular weight excluding hydrogens is 359 g/mol. The molecule has 1 unspecified atom stereocenters. The highest BCUT2D eigenvalue weighted by Gasteiger charge is 2.37. The van der Waals surface area contributed by atoms with Crippen LogP contribution in [-0.4, -0.2) is 47.2 Å². The Kier molecular flexibility index (Phi) is 4.94. The number of hydrogen-bond donors (Lipinski definition) is 0. The highest BCUT2D eigenvalue weighted by atomic mass is 19.1. The van der Waals surface area contributed by atoms with E-state index in [1.165, 1.54) is 12.1 Å². The fourth-order valence-electron chi connectivity index (χ4n) is 3.99. The van der Waals surface area contributed by atoms with Crippen LogP contribution in [0, 0.1) is 5.82 Å². The number of halogens is 1. The Morgan fingerprint density at radius 3 is 2.25 bits per heavy atom. The Balaban J connectivity index is 1.47. The zero-order chi connectivity index (χ0) is 19.7. The number of carbonyl (C=O) groups excluding carboxylic acids is 3. The van der Waals surface area contributed by atoms with E-state index in [2.05, 4.69) is 0 Å². The lowest BCUT2D eigenvalue weighted by molar-refractivity contribution is -0.131. The minimum Gasteiger partial charge on any atom is -0.341 e. The van der Waals surface area contributed by atoms with Crippen molar-refractivity contribution in [1.29, 1.82) is 0 Å². The summed E-state index contributed by atoms with van der Waals surface area (Å²) in [6.07, 6.45) is 2.76. The van der Waals surface area contributed by atoms with E-state index in [0.29, 0.717) is 24.2 Å². The number of nitrogens with zero attached hydrogens (tertiary/aromatic N) is 2. The Morgan fingerprint density at radius 1 is 0.964 bits per heavy atom. The van der Waals surface area contributed by atoms with Crippen molar-refractivity contribution in [2.45, 2.75) is 25.2 Å². The van der Waals surface area contributed by atoms with Gasteiger partial charge in [-0.25, -0.2) is 4.39 Å². The summed E-state index contributed by atoms with van der Waals surface area (Å²) < 4.78 is 13.2. The standard InChI is InChI=1S/C22H21FN2O3/c23-17-10-8-15(9-11-17)16-5-3-4-12-24(13-16)20(26)14-25-21(27)18-6-1-2-7-19(18)22(25)28/h1-2,6-11,16H,3-5,12-14H2. The van der Waals surface area contributed by atoms with Crippen LogP contribution in [0.15, 0.2) is 48.5 Å². The molecule has 1 fully saturated rings. The summed E-state index contributed by atoms with van der Waals surface area (Å²) in [6, 6.07) is 13.0. The number of imide groups is 1. The molecule has 2 aliphatic heterocycles. The molecule has 0 aromatic heterocycles. The summed E-state index contributed by atoms with van der Waals surface area (Å²) >= 11 is 0. The molecule has 2 aromatic rings. The molecule has 3 amide bonds. The normalized spacial score (nSPS) is 19.5. The van der Waals surface area contributed by atoms with E-state index in [0.717, 1.165) is 29.7 Å². The minimum atomic E-state index is -0.418. The first-order valence-electron chi connectivity index (χ1n) is 9.53. The molecule has 2 aromatic carbocycles. The predicted octanol–water partition coefficient (Wildman–Crippen LogP) is 3.22. The van der Waals surface area contributed by atoms with E-state index in [-0.39, 0.29) is 24.2 Å². The van der Waals surface area contributed by atoms with Gasteiger partial charge in [-0.05, 0) is 42.7 Å². The lowest BCUT2D eigenvalue weighted by atomic mass is 9.94. The Labute approximate surface area is 162 Å². The van der Waals surface area contributed by atoms with Gasteiger partial charge in [0.25, 0.3) is 11.8 Å². The maximum absolute atomic E-state index is 13.2. The monoisotopic (exact) mass is 380 g/mol. The molecule has 2 aliphatic rings. The zero-order valence-corrected chi connectivity index (χ0v) is 15.4. The molecule has 0 saturated carbocycles. The first-order valence-corrected chi connectivity index (χ1v) is 9.53. The van der Waals surface area contributed by atoms with Crippen LogP contribution < -0.4 is 0 Å². The molecule has 0 N–H and O–H groups in total. The van der Waals surface area contributed by atoms with Crippen LogP contribution in [0.2, 0.25) is 0 Å². The second kappa shape index (κ2) is 7.54. The second-order valence-electron chi connectivity index (χ2n) is 7.33. The number of fused-ring (bicyclic) bond motifs is 1. The van der Waals surface area contributed by atoms with E-state index >= 15 is 0 Å². The number of likely N-dealkylation sites (tertiary alicyclic amines) is 1. The van der Waals surface area contributed by atoms with E-state index < -0.39 is 11.8 Å². The number of carbonyl (C=O) groups is 3. The van der Waals surface area contributed by atoms with Gasteiger partial charge in [0, 0.05) is 19.0 Å². The van der Waals surface area contributed by atoms with Crippen LogP contribution in [-0.2, 0) is 4.79 Å². The van der Waals surface area contributed by atoms with Gasteiger partial charge in [0.05, 0.1) is 11.1 Å². The van der Waals surface area contributed by atoms with Crippen LogP contribution in [0.5, 0.6) is 0 Å². The molecule has 4 rings (SSSR count). The molecule has 1 saturated heterocycles. The highest BCUT2D eigenvalue weighted by molar-refractivity contribution is 6.22. The van der Waals surface area contributed by atoms with Crippen molar-refractivity contribution in [2.24, 2.45) is 0 Å². The van der Waals surface area contributed by atoms with Crippen molar-refractivity contribution >= 4 is 17.7 Å². The molecule has 0 aliphatic carbocycles. The van der Waals surface area contributed by atoms with E-state index in [9.17, 15) is 18.8 Å². The van der Waals surface area contributed by atoms with Gasteiger partial charge in [-0.3, -0.25) is 19.3 Å². The van der Waals surface area contributed by atoms with Gasteiger partial charge in [-0.15, -0.1) is 0 Å². The minimum absolute atomic E-state index is 0.120. The van der Waals surface area contributed by atoms with Crippen molar-refractivity contribution in [3.05, 3.63) is 71.0 Å².